The summed E-state index contributed by atoms with van der Waals surface area (Å²) in [6.07, 6.45) is 3.92. The standard InChI is InChI=1S/C14H14ClN3O4/c15-9-4-5-12(19)10(7-9)11-8-17(16-14(11)18(20)21)13-3-1-2-6-22-13/h4-5,7-8,13,19H,1-3,6H2/t13-/m0/s1. The molecule has 2 aromatic rings. The van der Waals surface area contributed by atoms with Gasteiger partial charge in [0.05, 0.1) is 11.3 Å². The SMILES string of the molecule is O=[N+]([O-])c1nn([C@@H]2CCCCO2)cc1-c1cc(Cl)ccc1O. The Kier molecular flexibility index (Phi) is 4.00. The molecule has 2 heterocycles. The molecule has 7 nitrogen and oxygen atoms in total. The molecule has 0 bridgehead atoms. The van der Waals surface area contributed by atoms with Crippen LogP contribution < -0.4 is 0 Å². The maximum atomic E-state index is 11.3. The van der Waals surface area contributed by atoms with Crippen LogP contribution in [0, 0.1) is 10.1 Å². The van der Waals surface area contributed by atoms with Crippen LogP contribution in [0.5, 0.6) is 5.75 Å². The molecule has 22 heavy (non-hydrogen) atoms. The Morgan fingerprint density at radius 3 is 2.91 bits per heavy atom. The molecular weight excluding hydrogens is 310 g/mol. The summed E-state index contributed by atoms with van der Waals surface area (Å²) >= 11 is 5.92. The van der Waals surface area contributed by atoms with E-state index in [0.717, 1.165) is 19.3 Å². The van der Waals surface area contributed by atoms with Crippen LogP contribution in [0.1, 0.15) is 25.5 Å². The van der Waals surface area contributed by atoms with Crippen LogP contribution in [0.4, 0.5) is 5.82 Å². The van der Waals surface area contributed by atoms with Crippen molar-refractivity contribution in [2.24, 2.45) is 0 Å². The highest BCUT2D eigenvalue weighted by Gasteiger charge is 2.28. The topological polar surface area (TPSA) is 90.4 Å². The molecule has 0 radical (unpaired) electrons. The second-order valence-corrected chi connectivity index (χ2v) is 5.52. The normalized spacial score (nSPS) is 18.3. The Hall–Kier alpha value is -2.12. The van der Waals surface area contributed by atoms with Gasteiger partial charge in [-0.25, -0.2) is 0 Å². The van der Waals surface area contributed by atoms with Crippen molar-refractivity contribution < 1.29 is 14.8 Å². The summed E-state index contributed by atoms with van der Waals surface area (Å²) in [4.78, 5) is 10.7. The Balaban J connectivity index is 2.07. The van der Waals surface area contributed by atoms with Gasteiger partial charge in [-0.05, 0) is 42.4 Å². The third kappa shape index (κ3) is 2.77. The van der Waals surface area contributed by atoms with E-state index in [1.807, 2.05) is 0 Å². The van der Waals surface area contributed by atoms with Crippen molar-refractivity contribution >= 4 is 17.4 Å². The first-order valence-electron chi connectivity index (χ1n) is 6.90. The van der Waals surface area contributed by atoms with Crippen LogP contribution in [0.15, 0.2) is 24.4 Å². The molecule has 1 saturated heterocycles. The number of aromatic nitrogens is 2. The fourth-order valence-corrected chi connectivity index (χ4v) is 2.68. The summed E-state index contributed by atoms with van der Waals surface area (Å²) < 4.78 is 7.04. The molecular formula is C14H14ClN3O4. The Morgan fingerprint density at radius 1 is 1.41 bits per heavy atom. The van der Waals surface area contributed by atoms with E-state index in [1.54, 1.807) is 0 Å². The molecule has 0 unspecified atom stereocenters. The lowest BCUT2D eigenvalue weighted by molar-refractivity contribution is -0.389. The lowest BCUT2D eigenvalue weighted by Gasteiger charge is -2.20. The number of phenolic OH excluding ortho intramolecular Hbond substituents is 1. The fourth-order valence-electron chi connectivity index (χ4n) is 2.51. The van der Waals surface area contributed by atoms with Gasteiger partial charge in [0.15, 0.2) is 6.23 Å². The Bertz CT molecular complexity index is 710. The minimum Gasteiger partial charge on any atom is -0.507 e. The number of nitrogens with zero attached hydrogens (tertiary/aromatic N) is 3. The van der Waals surface area contributed by atoms with Crippen molar-refractivity contribution in [3.05, 3.63) is 39.5 Å². The van der Waals surface area contributed by atoms with Gasteiger partial charge in [-0.15, -0.1) is 0 Å². The van der Waals surface area contributed by atoms with Crippen molar-refractivity contribution in [3.8, 4) is 16.9 Å². The van der Waals surface area contributed by atoms with E-state index < -0.39 is 4.92 Å². The van der Waals surface area contributed by atoms with Crippen LogP contribution in [0.2, 0.25) is 5.02 Å². The number of hydrogen-bond acceptors (Lipinski definition) is 5. The minimum atomic E-state index is -0.574. The molecule has 1 N–H and O–H groups in total. The largest absolute Gasteiger partial charge is 0.507 e. The second kappa shape index (κ2) is 5.94. The molecule has 0 amide bonds. The average Bonchev–Trinajstić information content (AvgIpc) is 2.96. The molecule has 0 aliphatic carbocycles. The highest BCUT2D eigenvalue weighted by molar-refractivity contribution is 6.31. The molecule has 1 aliphatic rings. The van der Waals surface area contributed by atoms with Gasteiger partial charge in [-0.2, -0.15) is 4.68 Å². The van der Waals surface area contributed by atoms with Gasteiger partial charge in [0.2, 0.25) is 0 Å². The molecule has 116 valence electrons. The zero-order chi connectivity index (χ0) is 15.7. The lowest BCUT2D eigenvalue weighted by Crippen LogP contribution is -2.18. The van der Waals surface area contributed by atoms with Gasteiger partial charge >= 0.3 is 5.82 Å². The van der Waals surface area contributed by atoms with E-state index in [4.69, 9.17) is 16.3 Å². The lowest BCUT2D eigenvalue weighted by atomic mass is 10.1. The number of hydrogen-bond donors (Lipinski definition) is 1. The van der Waals surface area contributed by atoms with Crippen molar-refractivity contribution in [2.75, 3.05) is 6.61 Å². The summed E-state index contributed by atoms with van der Waals surface area (Å²) in [5, 5.41) is 25.6. The molecule has 0 spiro atoms. The zero-order valence-corrected chi connectivity index (χ0v) is 12.4. The quantitative estimate of drug-likeness (QED) is 0.689. The Labute approximate surface area is 131 Å². The monoisotopic (exact) mass is 323 g/mol. The first-order chi connectivity index (χ1) is 10.6. The molecule has 1 atom stereocenters. The maximum absolute atomic E-state index is 11.3. The molecule has 1 fully saturated rings. The van der Waals surface area contributed by atoms with Crippen molar-refractivity contribution in [1.82, 2.24) is 9.78 Å². The number of phenols is 1. The van der Waals surface area contributed by atoms with E-state index in [2.05, 4.69) is 5.10 Å². The number of halogens is 1. The van der Waals surface area contributed by atoms with Crippen LogP contribution in [0.25, 0.3) is 11.1 Å². The first-order valence-corrected chi connectivity index (χ1v) is 7.28. The Morgan fingerprint density at radius 2 is 2.23 bits per heavy atom. The first kappa shape index (κ1) is 14.8. The van der Waals surface area contributed by atoms with Crippen molar-refractivity contribution in [2.45, 2.75) is 25.5 Å². The summed E-state index contributed by atoms with van der Waals surface area (Å²) in [6, 6.07) is 4.39. The van der Waals surface area contributed by atoms with Crippen molar-refractivity contribution in [1.29, 1.82) is 0 Å². The number of rotatable bonds is 3. The average molecular weight is 324 g/mol. The van der Waals surface area contributed by atoms with Gasteiger partial charge in [0.25, 0.3) is 0 Å². The molecule has 1 aliphatic heterocycles. The van der Waals surface area contributed by atoms with Crippen LogP contribution in [0.3, 0.4) is 0 Å². The highest BCUT2D eigenvalue weighted by Crippen LogP contribution is 2.38. The third-order valence-corrected chi connectivity index (χ3v) is 3.82. The van der Waals surface area contributed by atoms with E-state index in [9.17, 15) is 15.2 Å². The van der Waals surface area contributed by atoms with Crippen molar-refractivity contribution in [3.63, 3.8) is 0 Å². The van der Waals surface area contributed by atoms with Crippen LogP contribution in [-0.4, -0.2) is 26.4 Å². The van der Waals surface area contributed by atoms with Crippen LogP contribution >= 0.6 is 11.6 Å². The number of ether oxygens (including phenoxy) is 1. The summed E-state index contributed by atoms with van der Waals surface area (Å²) in [6.45, 7) is 0.607. The zero-order valence-electron chi connectivity index (χ0n) is 11.6. The second-order valence-electron chi connectivity index (χ2n) is 5.09. The summed E-state index contributed by atoms with van der Waals surface area (Å²) in [5.41, 5.74) is 0.500. The number of aromatic hydroxyl groups is 1. The van der Waals surface area contributed by atoms with E-state index >= 15 is 0 Å². The van der Waals surface area contributed by atoms with E-state index in [1.165, 1.54) is 29.1 Å². The number of benzene rings is 1. The number of nitro groups is 1. The molecule has 0 saturated carbocycles. The van der Waals surface area contributed by atoms with Gasteiger partial charge in [-0.1, -0.05) is 11.6 Å². The summed E-state index contributed by atoms with van der Waals surface area (Å²) in [7, 11) is 0. The molecule has 1 aromatic carbocycles. The highest BCUT2D eigenvalue weighted by atomic mass is 35.5. The van der Waals surface area contributed by atoms with E-state index in [0.29, 0.717) is 11.6 Å². The van der Waals surface area contributed by atoms with Gasteiger partial charge in [-0.3, -0.25) is 0 Å². The summed E-state index contributed by atoms with van der Waals surface area (Å²) in [5.74, 6) is -0.414. The van der Waals surface area contributed by atoms with Gasteiger partial charge < -0.3 is 20.0 Å². The smallest absolute Gasteiger partial charge is 0.398 e. The molecule has 1 aromatic heterocycles. The molecule has 8 heteroatoms. The predicted octanol–water partition coefficient (Wildman–Crippen LogP) is 3.52. The fraction of sp³-hybridized carbons (Fsp3) is 0.357. The molecule has 3 rings (SSSR count). The maximum Gasteiger partial charge on any atom is 0.398 e. The predicted molar refractivity (Wildman–Crippen MR) is 79.8 cm³/mol. The third-order valence-electron chi connectivity index (χ3n) is 3.58. The van der Waals surface area contributed by atoms with Gasteiger partial charge in [0.1, 0.15) is 11.3 Å². The van der Waals surface area contributed by atoms with Crippen LogP contribution in [-0.2, 0) is 4.74 Å². The van der Waals surface area contributed by atoms with E-state index in [-0.39, 0.29) is 28.9 Å². The minimum absolute atomic E-state index is 0.0865. The van der Waals surface area contributed by atoms with Gasteiger partial charge in [0, 0.05) is 17.2 Å².